The highest BCUT2D eigenvalue weighted by Gasteiger charge is 2.23. The van der Waals surface area contributed by atoms with Crippen LogP contribution >= 0.6 is 22.9 Å². The van der Waals surface area contributed by atoms with E-state index < -0.39 is 0 Å². The van der Waals surface area contributed by atoms with Gasteiger partial charge in [-0.1, -0.05) is 0 Å². The predicted molar refractivity (Wildman–Crippen MR) is 52.2 cm³/mol. The second-order valence-corrected chi connectivity index (χ2v) is 4.05. The molecule has 1 aliphatic heterocycles. The minimum absolute atomic E-state index is 0.550. The van der Waals surface area contributed by atoms with Crippen LogP contribution in [0.5, 0.6) is 0 Å². The summed E-state index contributed by atoms with van der Waals surface area (Å²) in [5.41, 5.74) is 2.80. The largest absolute Gasteiger partial charge is 0.264 e. The molecule has 58 valence electrons. The summed E-state index contributed by atoms with van der Waals surface area (Å²) in [4.78, 5) is 4.10. The molecule has 0 bridgehead atoms. The summed E-state index contributed by atoms with van der Waals surface area (Å²) in [6, 6.07) is 2.66. The Morgan fingerprint density at radius 3 is 3.27 bits per heavy atom. The van der Waals surface area contributed by atoms with Crippen molar-refractivity contribution in [1.82, 2.24) is 8.10 Å². The van der Waals surface area contributed by atoms with Gasteiger partial charge in [-0.3, -0.25) is 4.98 Å². The van der Waals surface area contributed by atoms with E-state index in [4.69, 9.17) is 0 Å². The van der Waals surface area contributed by atoms with Crippen molar-refractivity contribution in [3.05, 3.63) is 29.6 Å². The molecule has 0 saturated heterocycles. The van der Waals surface area contributed by atoms with Crippen LogP contribution in [0.15, 0.2) is 18.5 Å². The van der Waals surface area contributed by atoms with Gasteiger partial charge in [0.2, 0.25) is 0 Å². The normalized spacial score (nSPS) is 23.6. The second-order valence-electron chi connectivity index (χ2n) is 2.81. The Balaban J connectivity index is 2.47. The van der Waals surface area contributed by atoms with Gasteiger partial charge >= 0.3 is 0 Å². The molecular weight excluding hydrogens is 251 g/mol. The molecule has 2 heterocycles. The molecule has 3 heteroatoms. The van der Waals surface area contributed by atoms with E-state index in [9.17, 15) is 0 Å². The van der Waals surface area contributed by atoms with E-state index >= 15 is 0 Å². The SMILES string of the molecule is C[C@@H]1c2ccncc2CN1I. The zero-order valence-corrected chi connectivity index (χ0v) is 8.45. The van der Waals surface area contributed by atoms with Gasteiger partial charge in [-0.25, -0.2) is 3.11 Å². The number of hydrogen-bond acceptors (Lipinski definition) is 2. The Morgan fingerprint density at radius 1 is 1.73 bits per heavy atom. The fourth-order valence-corrected chi connectivity index (χ4v) is 2.10. The first-order chi connectivity index (χ1) is 5.29. The molecule has 0 aromatic carbocycles. The van der Waals surface area contributed by atoms with Crippen molar-refractivity contribution in [3.63, 3.8) is 0 Å². The van der Waals surface area contributed by atoms with Crippen molar-refractivity contribution in [2.45, 2.75) is 19.5 Å². The monoisotopic (exact) mass is 260 g/mol. The molecule has 1 aromatic rings. The molecule has 2 rings (SSSR count). The Kier molecular flexibility index (Phi) is 1.85. The standard InChI is InChI=1S/C8H9IN2/c1-6-8-2-3-10-4-7(8)5-11(6)9/h2-4,6H,5H2,1H3/t6-/m1/s1. The van der Waals surface area contributed by atoms with Crippen LogP contribution in [0, 0.1) is 0 Å². The molecule has 0 spiro atoms. The minimum atomic E-state index is 0.550. The third-order valence-electron chi connectivity index (χ3n) is 2.13. The summed E-state index contributed by atoms with van der Waals surface area (Å²) >= 11 is 2.36. The van der Waals surface area contributed by atoms with Crippen LogP contribution < -0.4 is 0 Å². The molecule has 0 N–H and O–H groups in total. The first-order valence-corrected chi connectivity index (χ1v) is 4.60. The fourth-order valence-electron chi connectivity index (χ4n) is 1.43. The number of pyridine rings is 1. The fraction of sp³-hybridized carbons (Fsp3) is 0.375. The Hall–Kier alpha value is -0.160. The number of hydrogen-bond donors (Lipinski definition) is 0. The smallest absolute Gasteiger partial charge is 0.0423 e. The first-order valence-electron chi connectivity index (χ1n) is 3.64. The van der Waals surface area contributed by atoms with Crippen LogP contribution in [-0.2, 0) is 6.54 Å². The topological polar surface area (TPSA) is 16.1 Å². The number of halogens is 1. The number of fused-ring (bicyclic) bond motifs is 1. The molecule has 0 fully saturated rings. The summed E-state index contributed by atoms with van der Waals surface area (Å²) in [6.45, 7) is 3.25. The van der Waals surface area contributed by atoms with Gasteiger partial charge in [0.05, 0.1) is 0 Å². The molecular formula is C8H9IN2. The van der Waals surface area contributed by atoms with E-state index in [2.05, 4.69) is 44.0 Å². The zero-order chi connectivity index (χ0) is 7.84. The van der Waals surface area contributed by atoms with Gasteiger partial charge in [0, 0.05) is 47.8 Å². The van der Waals surface area contributed by atoms with E-state index in [1.165, 1.54) is 11.1 Å². The number of nitrogens with zero attached hydrogens (tertiary/aromatic N) is 2. The second kappa shape index (κ2) is 2.71. The quantitative estimate of drug-likeness (QED) is 0.525. The van der Waals surface area contributed by atoms with Gasteiger partial charge in [0.25, 0.3) is 0 Å². The van der Waals surface area contributed by atoms with Crippen molar-refractivity contribution in [2.75, 3.05) is 0 Å². The van der Waals surface area contributed by atoms with Gasteiger partial charge in [-0.15, -0.1) is 0 Å². The van der Waals surface area contributed by atoms with E-state index in [0.29, 0.717) is 6.04 Å². The van der Waals surface area contributed by atoms with E-state index in [-0.39, 0.29) is 0 Å². The molecule has 1 aromatic heterocycles. The van der Waals surface area contributed by atoms with Gasteiger partial charge in [0.1, 0.15) is 0 Å². The highest BCUT2D eigenvalue weighted by molar-refractivity contribution is 14.1. The molecule has 0 radical (unpaired) electrons. The predicted octanol–water partition coefficient (Wildman–Crippen LogP) is 2.31. The third-order valence-corrected chi connectivity index (χ3v) is 3.31. The maximum Gasteiger partial charge on any atom is 0.0423 e. The van der Waals surface area contributed by atoms with Crippen LogP contribution in [0.3, 0.4) is 0 Å². The lowest BCUT2D eigenvalue weighted by molar-refractivity contribution is 0.458. The van der Waals surface area contributed by atoms with Crippen molar-refractivity contribution in [3.8, 4) is 0 Å². The van der Waals surface area contributed by atoms with Crippen molar-refractivity contribution in [1.29, 1.82) is 0 Å². The first kappa shape index (κ1) is 7.49. The molecule has 0 saturated carbocycles. The Labute approximate surface area is 80.1 Å². The molecule has 0 amide bonds. The molecule has 1 atom stereocenters. The van der Waals surface area contributed by atoms with Gasteiger partial charge in [-0.2, -0.15) is 0 Å². The molecule has 2 nitrogen and oxygen atoms in total. The molecule has 11 heavy (non-hydrogen) atoms. The summed E-state index contributed by atoms with van der Waals surface area (Å²) in [6.07, 6.45) is 3.83. The average molecular weight is 260 g/mol. The highest BCUT2D eigenvalue weighted by atomic mass is 127. The van der Waals surface area contributed by atoms with Crippen molar-refractivity contribution < 1.29 is 0 Å². The lowest BCUT2D eigenvalue weighted by Crippen LogP contribution is -2.04. The number of rotatable bonds is 0. The summed E-state index contributed by atoms with van der Waals surface area (Å²) in [5.74, 6) is 0. The van der Waals surface area contributed by atoms with E-state index in [1.54, 1.807) is 0 Å². The van der Waals surface area contributed by atoms with E-state index in [0.717, 1.165) is 6.54 Å². The van der Waals surface area contributed by atoms with Crippen LogP contribution in [0.2, 0.25) is 0 Å². The lowest BCUT2D eigenvalue weighted by atomic mass is 10.1. The maximum absolute atomic E-state index is 4.10. The average Bonchev–Trinajstić information content (AvgIpc) is 2.30. The summed E-state index contributed by atoms with van der Waals surface area (Å²) in [7, 11) is 0. The molecule has 1 aliphatic rings. The number of aromatic nitrogens is 1. The molecule has 0 unspecified atom stereocenters. The van der Waals surface area contributed by atoms with Gasteiger partial charge < -0.3 is 0 Å². The maximum atomic E-state index is 4.10. The third kappa shape index (κ3) is 1.16. The van der Waals surface area contributed by atoms with Crippen LogP contribution in [0.4, 0.5) is 0 Å². The minimum Gasteiger partial charge on any atom is -0.264 e. The van der Waals surface area contributed by atoms with Crippen molar-refractivity contribution in [2.24, 2.45) is 0 Å². The summed E-state index contributed by atoms with van der Waals surface area (Å²) < 4.78 is 2.30. The van der Waals surface area contributed by atoms with Crippen LogP contribution in [-0.4, -0.2) is 8.10 Å². The highest BCUT2D eigenvalue weighted by Crippen LogP contribution is 2.34. The Bertz CT molecular complexity index is 275. The van der Waals surface area contributed by atoms with Gasteiger partial charge in [0.15, 0.2) is 0 Å². The molecule has 0 aliphatic carbocycles. The lowest BCUT2D eigenvalue weighted by Gasteiger charge is -2.11. The van der Waals surface area contributed by atoms with E-state index in [1.807, 2.05) is 12.4 Å². The summed E-state index contributed by atoms with van der Waals surface area (Å²) in [5, 5.41) is 0. The zero-order valence-electron chi connectivity index (χ0n) is 6.29. The van der Waals surface area contributed by atoms with Crippen LogP contribution in [0.25, 0.3) is 0 Å². The van der Waals surface area contributed by atoms with Gasteiger partial charge in [-0.05, 0) is 24.1 Å². The van der Waals surface area contributed by atoms with Crippen molar-refractivity contribution >= 4 is 22.9 Å². The van der Waals surface area contributed by atoms with Crippen LogP contribution in [0.1, 0.15) is 24.1 Å². The Morgan fingerprint density at radius 2 is 2.55 bits per heavy atom.